The minimum Gasteiger partial charge on any atom is -0.496 e. The van der Waals surface area contributed by atoms with Gasteiger partial charge in [0.25, 0.3) is 5.24 Å². The Labute approximate surface area is 102 Å². The predicted molar refractivity (Wildman–Crippen MR) is 68.4 cm³/mol. The first kappa shape index (κ1) is 12.9. The van der Waals surface area contributed by atoms with Crippen LogP contribution in [0.2, 0.25) is 0 Å². The number of likely N-dealkylation sites (N-methyl/N-ethyl adjacent to an activating group) is 1. The summed E-state index contributed by atoms with van der Waals surface area (Å²) in [6.45, 7) is 2.68. The fraction of sp³-hybridized carbons (Fsp3) is 0.417. The van der Waals surface area contributed by atoms with Gasteiger partial charge in [-0.1, -0.05) is 24.8 Å². The standard InChI is InChI=1S/C12H17NO2S/c1-9-8-10(4-5-11(9)15-3)6-7-13(2)12(14)16/h4-5,8H,6-7H2,1-3H3,(H,14,16). The summed E-state index contributed by atoms with van der Waals surface area (Å²) >= 11 is 3.76. The Morgan fingerprint density at radius 2 is 2.19 bits per heavy atom. The number of carbonyl (C=O) groups excluding carboxylic acids is 1. The molecule has 1 amide bonds. The maximum Gasteiger partial charge on any atom is 0.278 e. The monoisotopic (exact) mass is 239 g/mol. The van der Waals surface area contributed by atoms with Crippen LogP contribution in [0.15, 0.2) is 18.2 Å². The molecule has 0 unspecified atom stereocenters. The summed E-state index contributed by atoms with van der Waals surface area (Å²) < 4.78 is 5.19. The molecule has 88 valence electrons. The average molecular weight is 239 g/mol. The van der Waals surface area contributed by atoms with E-state index in [-0.39, 0.29) is 5.24 Å². The molecule has 4 heteroatoms. The molecule has 0 saturated heterocycles. The van der Waals surface area contributed by atoms with Crippen LogP contribution >= 0.6 is 12.6 Å². The normalized spacial score (nSPS) is 10.0. The third kappa shape index (κ3) is 3.45. The number of aryl methyl sites for hydroxylation is 1. The van der Waals surface area contributed by atoms with Gasteiger partial charge >= 0.3 is 0 Å². The molecule has 0 aliphatic rings. The molecule has 0 bridgehead atoms. The molecule has 1 rings (SSSR count). The Kier molecular flexibility index (Phi) is 4.68. The van der Waals surface area contributed by atoms with Crippen molar-refractivity contribution >= 4 is 17.9 Å². The Morgan fingerprint density at radius 3 is 2.69 bits per heavy atom. The van der Waals surface area contributed by atoms with Crippen LogP contribution in [-0.4, -0.2) is 30.8 Å². The van der Waals surface area contributed by atoms with Gasteiger partial charge in [-0.25, -0.2) is 0 Å². The van der Waals surface area contributed by atoms with Crippen molar-refractivity contribution in [3.63, 3.8) is 0 Å². The first-order valence-electron chi connectivity index (χ1n) is 5.12. The lowest BCUT2D eigenvalue weighted by molar-refractivity contribution is 0.234. The van der Waals surface area contributed by atoms with Crippen LogP contribution in [0.25, 0.3) is 0 Å². The third-order valence-electron chi connectivity index (χ3n) is 2.52. The van der Waals surface area contributed by atoms with Crippen molar-refractivity contribution in [3.8, 4) is 5.75 Å². The van der Waals surface area contributed by atoms with Gasteiger partial charge in [0.05, 0.1) is 7.11 Å². The number of amides is 1. The number of rotatable bonds is 4. The maximum absolute atomic E-state index is 10.9. The van der Waals surface area contributed by atoms with Gasteiger partial charge in [0.2, 0.25) is 0 Å². The van der Waals surface area contributed by atoms with Crippen molar-refractivity contribution in [2.75, 3.05) is 20.7 Å². The third-order valence-corrected chi connectivity index (χ3v) is 2.86. The first-order valence-corrected chi connectivity index (χ1v) is 5.57. The Bertz CT molecular complexity index is 379. The molecular weight excluding hydrogens is 222 g/mol. The van der Waals surface area contributed by atoms with E-state index in [0.29, 0.717) is 6.54 Å². The van der Waals surface area contributed by atoms with Gasteiger partial charge in [-0.2, -0.15) is 0 Å². The molecule has 16 heavy (non-hydrogen) atoms. The number of carbonyl (C=O) groups is 1. The van der Waals surface area contributed by atoms with Crippen molar-refractivity contribution in [2.45, 2.75) is 13.3 Å². The smallest absolute Gasteiger partial charge is 0.278 e. The Hall–Kier alpha value is -1.16. The lowest BCUT2D eigenvalue weighted by atomic mass is 10.1. The van der Waals surface area contributed by atoms with Gasteiger partial charge in [0.1, 0.15) is 5.75 Å². The predicted octanol–water partition coefficient (Wildman–Crippen LogP) is 2.53. The minimum absolute atomic E-state index is 0.203. The number of hydrogen-bond acceptors (Lipinski definition) is 2. The summed E-state index contributed by atoms with van der Waals surface area (Å²) in [5.74, 6) is 0.891. The number of benzene rings is 1. The van der Waals surface area contributed by atoms with Gasteiger partial charge in [0, 0.05) is 13.6 Å². The van der Waals surface area contributed by atoms with Crippen LogP contribution in [0.5, 0.6) is 5.75 Å². The molecule has 0 fully saturated rings. The first-order chi connectivity index (χ1) is 7.54. The zero-order valence-corrected chi connectivity index (χ0v) is 10.8. The van der Waals surface area contributed by atoms with E-state index in [9.17, 15) is 4.79 Å². The second kappa shape index (κ2) is 5.80. The zero-order valence-electron chi connectivity index (χ0n) is 9.86. The largest absolute Gasteiger partial charge is 0.496 e. The number of nitrogens with zero attached hydrogens (tertiary/aromatic N) is 1. The van der Waals surface area contributed by atoms with E-state index in [1.165, 1.54) is 5.56 Å². The Morgan fingerprint density at radius 1 is 1.50 bits per heavy atom. The summed E-state index contributed by atoms with van der Waals surface area (Å²) in [6.07, 6.45) is 0.827. The van der Waals surface area contributed by atoms with E-state index < -0.39 is 0 Å². The van der Waals surface area contributed by atoms with Gasteiger partial charge in [-0.3, -0.25) is 4.79 Å². The molecule has 0 N–H and O–H groups in total. The van der Waals surface area contributed by atoms with E-state index in [0.717, 1.165) is 17.7 Å². The van der Waals surface area contributed by atoms with Crippen molar-refractivity contribution in [3.05, 3.63) is 29.3 Å². The lowest BCUT2D eigenvalue weighted by Gasteiger charge is -2.14. The summed E-state index contributed by atoms with van der Waals surface area (Å²) in [7, 11) is 3.40. The van der Waals surface area contributed by atoms with Crippen LogP contribution in [0, 0.1) is 6.92 Å². The molecule has 1 aromatic carbocycles. The van der Waals surface area contributed by atoms with E-state index in [1.807, 2.05) is 19.1 Å². The number of methoxy groups -OCH3 is 1. The van der Waals surface area contributed by atoms with E-state index >= 15 is 0 Å². The highest BCUT2D eigenvalue weighted by atomic mass is 32.1. The molecule has 0 atom stereocenters. The molecular formula is C12H17NO2S. The second-order valence-electron chi connectivity index (χ2n) is 3.76. The summed E-state index contributed by atoms with van der Waals surface area (Å²) in [5.41, 5.74) is 2.31. The topological polar surface area (TPSA) is 29.5 Å². The number of thiol groups is 1. The van der Waals surface area contributed by atoms with Crippen LogP contribution in [0.1, 0.15) is 11.1 Å². The molecule has 3 nitrogen and oxygen atoms in total. The van der Waals surface area contributed by atoms with Gasteiger partial charge < -0.3 is 9.64 Å². The fourth-order valence-corrected chi connectivity index (χ4v) is 1.59. The lowest BCUT2D eigenvalue weighted by Crippen LogP contribution is -2.23. The molecule has 0 aliphatic heterocycles. The van der Waals surface area contributed by atoms with E-state index in [1.54, 1.807) is 19.1 Å². The molecule has 0 aromatic heterocycles. The summed E-state index contributed by atoms with van der Waals surface area (Å²) in [6, 6.07) is 6.05. The maximum atomic E-state index is 10.9. The second-order valence-corrected chi connectivity index (χ2v) is 4.14. The highest BCUT2D eigenvalue weighted by Gasteiger charge is 2.04. The van der Waals surface area contributed by atoms with Gasteiger partial charge in [0.15, 0.2) is 0 Å². The Balaban J connectivity index is 2.62. The van der Waals surface area contributed by atoms with Crippen LogP contribution in [0.3, 0.4) is 0 Å². The average Bonchev–Trinajstić information content (AvgIpc) is 2.25. The quantitative estimate of drug-likeness (QED) is 0.818. The van der Waals surface area contributed by atoms with Gasteiger partial charge in [-0.15, -0.1) is 0 Å². The van der Waals surface area contributed by atoms with Crippen molar-refractivity contribution < 1.29 is 9.53 Å². The van der Waals surface area contributed by atoms with Crippen LogP contribution in [0.4, 0.5) is 4.79 Å². The SMILES string of the molecule is COc1ccc(CCN(C)C(=O)S)cc1C. The number of ether oxygens (including phenoxy) is 1. The molecule has 0 radical (unpaired) electrons. The minimum atomic E-state index is -0.203. The van der Waals surface area contributed by atoms with Crippen LogP contribution in [-0.2, 0) is 6.42 Å². The van der Waals surface area contributed by atoms with Crippen molar-refractivity contribution in [1.29, 1.82) is 0 Å². The fourth-order valence-electron chi connectivity index (χ4n) is 1.49. The molecule has 0 aliphatic carbocycles. The molecule has 0 saturated carbocycles. The molecule has 0 spiro atoms. The highest BCUT2D eigenvalue weighted by molar-refractivity contribution is 7.96. The molecule has 0 heterocycles. The van der Waals surface area contributed by atoms with Gasteiger partial charge in [-0.05, 0) is 30.5 Å². The molecule has 1 aromatic rings. The van der Waals surface area contributed by atoms with Crippen LogP contribution < -0.4 is 4.74 Å². The summed E-state index contributed by atoms with van der Waals surface area (Å²) in [4.78, 5) is 12.5. The van der Waals surface area contributed by atoms with Crippen molar-refractivity contribution in [1.82, 2.24) is 4.90 Å². The van der Waals surface area contributed by atoms with Crippen molar-refractivity contribution in [2.24, 2.45) is 0 Å². The highest BCUT2D eigenvalue weighted by Crippen LogP contribution is 2.18. The zero-order chi connectivity index (χ0) is 12.1. The van der Waals surface area contributed by atoms with E-state index in [2.05, 4.69) is 18.7 Å². The van der Waals surface area contributed by atoms with E-state index in [4.69, 9.17) is 4.74 Å². The summed E-state index contributed by atoms with van der Waals surface area (Å²) in [5, 5.41) is -0.203. The number of hydrogen-bond donors (Lipinski definition) is 1.